The Bertz CT molecular complexity index is 1260. The second-order valence-corrected chi connectivity index (χ2v) is 10.5. The van der Waals surface area contributed by atoms with Gasteiger partial charge in [0.05, 0.1) is 16.6 Å². The van der Waals surface area contributed by atoms with Crippen molar-refractivity contribution in [2.45, 2.75) is 25.3 Å². The Kier molecular flexibility index (Phi) is 8.47. The summed E-state index contributed by atoms with van der Waals surface area (Å²) < 4.78 is 22.4. The zero-order chi connectivity index (χ0) is 23.9. The fourth-order valence-corrected chi connectivity index (χ4v) is 5.69. The summed E-state index contributed by atoms with van der Waals surface area (Å²) in [6.07, 6.45) is 1.47. The summed E-state index contributed by atoms with van der Waals surface area (Å²) in [5, 5.41) is 8.72. The predicted octanol–water partition coefficient (Wildman–Crippen LogP) is 6.11. The molecule has 3 N–H and O–H groups in total. The van der Waals surface area contributed by atoms with E-state index in [1.807, 2.05) is 59.3 Å². The fraction of sp³-hybridized carbons (Fsp3) is 0.167. The maximum atomic E-state index is 12.8. The molecule has 0 bridgehead atoms. The van der Waals surface area contributed by atoms with Crippen LogP contribution < -0.4 is 10.0 Å². The van der Waals surface area contributed by atoms with Gasteiger partial charge in [0.1, 0.15) is 5.01 Å². The number of nitrogens with zero attached hydrogens (tertiary/aromatic N) is 1. The number of aromatic nitrogens is 1. The van der Waals surface area contributed by atoms with Crippen LogP contribution in [-0.2, 0) is 28.9 Å². The van der Waals surface area contributed by atoms with E-state index in [4.69, 9.17) is 21.1 Å². The molecule has 4 aromatic rings. The Morgan fingerprint density at radius 1 is 1.09 bits per heavy atom. The van der Waals surface area contributed by atoms with Crippen molar-refractivity contribution in [3.05, 3.63) is 93.3 Å². The normalized spacial score (nSPS) is 12.8. The topological polar surface area (TPSA) is 91.3 Å². The SMILES string of the molecule is O=C(CCc1cccc(Cl)c1)N[C@@H](Cc1ccc(NS(=O)O)cc1)c1csc(-c2cccs2)n1. The Balaban J connectivity index is 1.49. The predicted molar refractivity (Wildman–Crippen MR) is 141 cm³/mol. The van der Waals surface area contributed by atoms with Crippen molar-refractivity contribution in [1.29, 1.82) is 0 Å². The van der Waals surface area contributed by atoms with Crippen LogP contribution in [0.5, 0.6) is 0 Å². The minimum Gasteiger partial charge on any atom is -0.347 e. The van der Waals surface area contributed by atoms with E-state index in [9.17, 15) is 9.00 Å². The molecule has 0 aliphatic rings. The van der Waals surface area contributed by atoms with E-state index in [1.165, 1.54) is 0 Å². The molecule has 4 rings (SSSR count). The fourth-order valence-electron chi connectivity index (χ4n) is 3.45. The summed E-state index contributed by atoms with van der Waals surface area (Å²) in [4.78, 5) is 18.7. The van der Waals surface area contributed by atoms with Crippen LogP contribution in [0.2, 0.25) is 5.02 Å². The van der Waals surface area contributed by atoms with Crippen LogP contribution in [0.25, 0.3) is 9.88 Å². The van der Waals surface area contributed by atoms with Crippen molar-refractivity contribution in [1.82, 2.24) is 10.3 Å². The van der Waals surface area contributed by atoms with Crippen molar-refractivity contribution in [3.8, 4) is 9.88 Å². The van der Waals surface area contributed by atoms with E-state index >= 15 is 0 Å². The van der Waals surface area contributed by atoms with Crippen LogP contribution in [0, 0.1) is 0 Å². The molecule has 2 atom stereocenters. The first-order chi connectivity index (χ1) is 16.5. The van der Waals surface area contributed by atoms with Crippen molar-refractivity contribution in [2.75, 3.05) is 4.72 Å². The first-order valence-corrected chi connectivity index (χ1v) is 13.7. The van der Waals surface area contributed by atoms with Gasteiger partial charge >= 0.3 is 0 Å². The number of thiazole rings is 1. The Morgan fingerprint density at radius 3 is 2.62 bits per heavy atom. The molecule has 6 nitrogen and oxygen atoms in total. The van der Waals surface area contributed by atoms with E-state index in [1.54, 1.807) is 34.8 Å². The molecule has 0 spiro atoms. The molecular weight excluding hydrogens is 510 g/mol. The van der Waals surface area contributed by atoms with Crippen LogP contribution in [0.4, 0.5) is 5.69 Å². The third-order valence-corrected chi connectivity index (χ3v) is 7.62. The Hall–Kier alpha value is -2.56. The summed E-state index contributed by atoms with van der Waals surface area (Å²) in [6, 6.07) is 18.4. The minimum atomic E-state index is -2.13. The van der Waals surface area contributed by atoms with Gasteiger partial charge in [-0.05, 0) is 59.7 Å². The average Bonchev–Trinajstić information content (AvgIpc) is 3.50. The standard InChI is InChI=1S/C24H22ClN3O3S3/c25-18-4-1-3-16(13-18)8-11-23(29)26-20(14-17-6-9-19(10-7-17)28-34(30)31)21-15-33-24(27-21)22-5-2-12-32-22/h1-7,9-10,12-13,15,20,28H,8,11,14H2,(H,26,29)(H,30,31)/t20-/m0/s1. The van der Waals surface area contributed by atoms with Gasteiger partial charge in [0, 0.05) is 22.5 Å². The molecule has 1 amide bonds. The number of nitrogens with one attached hydrogen (secondary N) is 2. The van der Waals surface area contributed by atoms with Gasteiger partial charge in [0.25, 0.3) is 11.3 Å². The summed E-state index contributed by atoms with van der Waals surface area (Å²) in [5.41, 5.74) is 3.33. The molecule has 34 heavy (non-hydrogen) atoms. The maximum absolute atomic E-state index is 12.8. The molecule has 2 aromatic heterocycles. The molecule has 1 unspecified atom stereocenters. The zero-order valence-electron chi connectivity index (χ0n) is 17.9. The molecule has 176 valence electrons. The van der Waals surface area contributed by atoms with E-state index in [0.717, 1.165) is 26.7 Å². The van der Waals surface area contributed by atoms with Crippen molar-refractivity contribution >= 4 is 57.1 Å². The Morgan fingerprint density at radius 2 is 1.91 bits per heavy atom. The number of hydrogen-bond donors (Lipinski definition) is 3. The van der Waals surface area contributed by atoms with E-state index in [2.05, 4.69) is 10.0 Å². The number of aryl methyl sites for hydroxylation is 1. The number of benzene rings is 2. The lowest BCUT2D eigenvalue weighted by Crippen LogP contribution is -2.30. The third kappa shape index (κ3) is 6.97. The van der Waals surface area contributed by atoms with Gasteiger partial charge in [-0.1, -0.05) is 41.9 Å². The van der Waals surface area contributed by atoms with Crippen LogP contribution in [-0.4, -0.2) is 19.7 Å². The van der Waals surface area contributed by atoms with Crippen molar-refractivity contribution < 1.29 is 13.6 Å². The summed E-state index contributed by atoms with van der Waals surface area (Å²) in [6.45, 7) is 0. The number of hydrogen-bond acceptors (Lipinski definition) is 5. The molecule has 0 radical (unpaired) electrons. The van der Waals surface area contributed by atoms with Crippen molar-refractivity contribution in [3.63, 3.8) is 0 Å². The van der Waals surface area contributed by atoms with Crippen LogP contribution in [0.3, 0.4) is 0 Å². The highest BCUT2D eigenvalue weighted by Gasteiger charge is 2.19. The van der Waals surface area contributed by atoms with Gasteiger partial charge in [0.15, 0.2) is 0 Å². The smallest absolute Gasteiger partial charge is 0.259 e. The lowest BCUT2D eigenvalue weighted by Gasteiger charge is -2.18. The maximum Gasteiger partial charge on any atom is 0.259 e. The summed E-state index contributed by atoms with van der Waals surface area (Å²) >= 11 is 7.12. The van der Waals surface area contributed by atoms with Crippen LogP contribution in [0.1, 0.15) is 29.3 Å². The number of anilines is 1. The lowest BCUT2D eigenvalue weighted by atomic mass is 10.0. The average molecular weight is 532 g/mol. The summed E-state index contributed by atoms with van der Waals surface area (Å²) in [5.74, 6) is -0.0652. The summed E-state index contributed by atoms with van der Waals surface area (Å²) in [7, 11) is 0. The van der Waals surface area contributed by atoms with Crippen molar-refractivity contribution in [2.24, 2.45) is 0 Å². The van der Waals surface area contributed by atoms with Gasteiger partial charge in [-0.2, -0.15) is 0 Å². The van der Waals surface area contributed by atoms with E-state index in [-0.39, 0.29) is 11.9 Å². The molecule has 0 aliphatic carbocycles. The number of halogens is 1. The van der Waals surface area contributed by atoms with Crippen LogP contribution >= 0.6 is 34.3 Å². The molecule has 2 aromatic carbocycles. The third-order valence-electron chi connectivity index (χ3n) is 5.07. The molecule has 0 saturated carbocycles. The molecule has 0 aliphatic heterocycles. The number of thiophene rings is 1. The molecule has 0 saturated heterocycles. The minimum absolute atomic E-state index is 0.0652. The van der Waals surface area contributed by atoms with Gasteiger partial charge in [-0.15, -0.1) is 22.7 Å². The first kappa shape index (κ1) is 24.6. The second-order valence-electron chi connectivity index (χ2n) is 7.56. The highest BCUT2D eigenvalue weighted by atomic mass is 35.5. The van der Waals surface area contributed by atoms with E-state index in [0.29, 0.717) is 30.0 Å². The molecule has 0 fully saturated rings. The highest BCUT2D eigenvalue weighted by Crippen LogP contribution is 2.31. The van der Waals surface area contributed by atoms with Crippen LogP contribution in [0.15, 0.2) is 71.4 Å². The molecule has 2 heterocycles. The lowest BCUT2D eigenvalue weighted by molar-refractivity contribution is -0.121. The Labute approximate surface area is 213 Å². The number of carbonyl (C=O) groups is 1. The first-order valence-electron chi connectivity index (χ1n) is 10.5. The monoisotopic (exact) mass is 531 g/mol. The van der Waals surface area contributed by atoms with Gasteiger partial charge < -0.3 is 5.32 Å². The zero-order valence-corrected chi connectivity index (χ0v) is 21.1. The number of carbonyl (C=O) groups excluding carboxylic acids is 1. The van der Waals surface area contributed by atoms with E-state index < -0.39 is 11.3 Å². The quantitative estimate of drug-likeness (QED) is 0.215. The molecule has 10 heteroatoms. The second kappa shape index (κ2) is 11.7. The molecular formula is C24H22ClN3O3S3. The van der Waals surface area contributed by atoms with Gasteiger partial charge in [0.2, 0.25) is 5.91 Å². The van der Waals surface area contributed by atoms with Gasteiger partial charge in [-0.25, -0.2) is 9.19 Å². The number of amides is 1. The van der Waals surface area contributed by atoms with Gasteiger partial charge in [-0.3, -0.25) is 14.1 Å². The number of rotatable bonds is 10. The highest BCUT2D eigenvalue weighted by molar-refractivity contribution is 7.80. The largest absolute Gasteiger partial charge is 0.347 e.